The Hall–Kier alpha value is -5.64. The predicted octanol–water partition coefficient (Wildman–Crippen LogP) is 6.45. The van der Waals surface area contributed by atoms with E-state index < -0.39 is 11.9 Å². The van der Waals surface area contributed by atoms with Crippen LogP contribution in [0.25, 0.3) is 17.2 Å². The van der Waals surface area contributed by atoms with Gasteiger partial charge in [0.15, 0.2) is 11.5 Å². The summed E-state index contributed by atoms with van der Waals surface area (Å²) in [6.07, 6.45) is 2.38. The van der Waals surface area contributed by atoms with Crippen LogP contribution in [0.15, 0.2) is 78.4 Å². The SMILES string of the molecule is CCCOc1cccc(C=C(Cc2cc3c(cc2OC)OCO3)C(=O)O)c1-c1ccc(N)cc1OCc1ccccc1C(=O)O. The van der Waals surface area contributed by atoms with Crippen LogP contribution in [0.5, 0.6) is 28.7 Å². The highest BCUT2D eigenvalue weighted by Crippen LogP contribution is 2.42. The van der Waals surface area contributed by atoms with Gasteiger partial charge in [0.2, 0.25) is 6.79 Å². The zero-order chi connectivity index (χ0) is 31.9. The number of hydrogen-bond donors (Lipinski definition) is 3. The molecular formula is C35H33NO9. The first-order valence-corrected chi connectivity index (χ1v) is 14.3. The number of methoxy groups -OCH3 is 1. The quantitative estimate of drug-likeness (QED) is 0.114. The molecule has 1 aliphatic heterocycles. The minimum absolute atomic E-state index is 0.0334. The lowest BCUT2D eigenvalue weighted by Crippen LogP contribution is -2.07. The number of nitrogens with two attached hydrogens (primary N) is 1. The third-order valence-electron chi connectivity index (χ3n) is 7.19. The van der Waals surface area contributed by atoms with E-state index in [-0.39, 0.29) is 31.0 Å². The summed E-state index contributed by atoms with van der Waals surface area (Å²) in [6, 6.07) is 20.5. The molecular weight excluding hydrogens is 578 g/mol. The summed E-state index contributed by atoms with van der Waals surface area (Å²) in [5.74, 6) is 0.249. The first kappa shape index (κ1) is 30.8. The molecule has 0 saturated heterocycles. The maximum Gasteiger partial charge on any atom is 0.336 e. The molecule has 0 aromatic heterocycles. The number of anilines is 1. The van der Waals surface area contributed by atoms with Gasteiger partial charge in [-0.05, 0) is 48.4 Å². The van der Waals surface area contributed by atoms with Crippen LogP contribution in [0, 0.1) is 0 Å². The molecule has 0 aliphatic carbocycles. The summed E-state index contributed by atoms with van der Waals surface area (Å²) in [7, 11) is 1.51. The highest BCUT2D eigenvalue weighted by atomic mass is 16.7. The summed E-state index contributed by atoms with van der Waals surface area (Å²) < 4.78 is 28.8. The van der Waals surface area contributed by atoms with Gasteiger partial charge in [0.05, 0.1) is 19.3 Å². The summed E-state index contributed by atoms with van der Waals surface area (Å²) in [4.78, 5) is 24.4. The molecule has 4 N–H and O–H groups in total. The molecule has 45 heavy (non-hydrogen) atoms. The Balaban J connectivity index is 1.60. The molecule has 0 amide bonds. The van der Waals surface area contributed by atoms with Crippen molar-refractivity contribution in [2.75, 3.05) is 26.2 Å². The molecule has 10 heteroatoms. The van der Waals surface area contributed by atoms with Crippen molar-refractivity contribution in [3.05, 3.63) is 101 Å². The Morgan fingerprint density at radius 2 is 1.67 bits per heavy atom. The predicted molar refractivity (Wildman–Crippen MR) is 168 cm³/mol. The molecule has 0 bridgehead atoms. The second-order valence-corrected chi connectivity index (χ2v) is 10.2. The van der Waals surface area contributed by atoms with Gasteiger partial charge in [0.25, 0.3) is 0 Å². The van der Waals surface area contributed by atoms with Crippen molar-refractivity contribution < 1.29 is 43.5 Å². The maximum atomic E-state index is 12.6. The summed E-state index contributed by atoms with van der Waals surface area (Å²) in [5.41, 5.74) is 9.68. The molecule has 1 heterocycles. The van der Waals surface area contributed by atoms with Gasteiger partial charge < -0.3 is 39.6 Å². The average Bonchev–Trinajstić information content (AvgIpc) is 3.49. The van der Waals surface area contributed by atoms with E-state index in [1.807, 2.05) is 13.0 Å². The third kappa shape index (κ3) is 6.96. The Morgan fingerprint density at radius 1 is 0.889 bits per heavy atom. The highest BCUT2D eigenvalue weighted by molar-refractivity contribution is 5.96. The Bertz CT molecular complexity index is 1760. The van der Waals surface area contributed by atoms with Crippen molar-refractivity contribution in [3.8, 4) is 39.9 Å². The Labute approximate surface area is 260 Å². The second kappa shape index (κ2) is 13.8. The van der Waals surface area contributed by atoms with Crippen molar-refractivity contribution in [3.63, 3.8) is 0 Å². The van der Waals surface area contributed by atoms with Crippen LogP contribution in [0.3, 0.4) is 0 Å². The van der Waals surface area contributed by atoms with Gasteiger partial charge in [-0.15, -0.1) is 0 Å². The van der Waals surface area contributed by atoms with Gasteiger partial charge in [-0.25, -0.2) is 9.59 Å². The van der Waals surface area contributed by atoms with E-state index in [4.69, 9.17) is 29.4 Å². The van der Waals surface area contributed by atoms with Crippen molar-refractivity contribution >= 4 is 23.7 Å². The first-order chi connectivity index (χ1) is 21.8. The normalized spacial score (nSPS) is 12.1. The fourth-order valence-electron chi connectivity index (χ4n) is 5.04. The average molecular weight is 612 g/mol. The molecule has 0 atom stereocenters. The molecule has 0 saturated carbocycles. The Kier molecular flexibility index (Phi) is 9.43. The smallest absolute Gasteiger partial charge is 0.336 e. The zero-order valence-electron chi connectivity index (χ0n) is 24.9. The molecule has 0 spiro atoms. The fraction of sp³-hybridized carbons (Fsp3) is 0.200. The highest BCUT2D eigenvalue weighted by Gasteiger charge is 2.22. The van der Waals surface area contributed by atoms with Crippen LogP contribution in [-0.2, 0) is 17.8 Å². The maximum absolute atomic E-state index is 12.6. The number of rotatable bonds is 13. The number of hydrogen-bond acceptors (Lipinski definition) is 8. The molecule has 0 unspecified atom stereocenters. The lowest BCUT2D eigenvalue weighted by molar-refractivity contribution is -0.132. The summed E-state index contributed by atoms with van der Waals surface area (Å²) in [5, 5.41) is 20.0. The summed E-state index contributed by atoms with van der Waals surface area (Å²) in [6.45, 7) is 2.46. The largest absolute Gasteiger partial charge is 0.496 e. The van der Waals surface area contributed by atoms with E-state index in [1.54, 1.807) is 66.7 Å². The zero-order valence-corrected chi connectivity index (χ0v) is 24.9. The van der Waals surface area contributed by atoms with Crippen LogP contribution in [-0.4, -0.2) is 42.7 Å². The molecule has 5 rings (SSSR count). The minimum atomic E-state index is -1.11. The number of carboxylic acids is 2. The minimum Gasteiger partial charge on any atom is -0.496 e. The molecule has 4 aromatic rings. The Morgan fingerprint density at radius 3 is 2.40 bits per heavy atom. The number of aliphatic carboxylic acids is 1. The molecule has 0 radical (unpaired) electrons. The standard InChI is InChI=1S/C35H33NO9/c1-3-13-42-28-10-6-8-21(14-24(34(37)38)15-23-16-31-32(45-20-44-31)18-29(23)41-2)33(28)27-12-11-25(36)17-30(27)43-19-22-7-4-5-9-26(22)35(39)40/h4-12,14,16-18H,3,13,15,19-20,36H2,1-2H3,(H,37,38)(H,39,40). The van der Waals surface area contributed by atoms with Gasteiger partial charge in [0, 0.05) is 52.1 Å². The van der Waals surface area contributed by atoms with Gasteiger partial charge in [-0.3, -0.25) is 0 Å². The molecule has 10 nitrogen and oxygen atoms in total. The number of ether oxygens (including phenoxy) is 5. The van der Waals surface area contributed by atoms with E-state index in [2.05, 4.69) is 0 Å². The lowest BCUT2D eigenvalue weighted by Gasteiger charge is -2.19. The van der Waals surface area contributed by atoms with E-state index in [0.717, 1.165) is 6.42 Å². The number of nitrogen functional groups attached to an aromatic ring is 1. The van der Waals surface area contributed by atoms with Crippen LogP contribution in [0.2, 0.25) is 0 Å². The number of carboxylic acid groups (broad SMARTS) is 2. The molecule has 4 aromatic carbocycles. The fourth-order valence-corrected chi connectivity index (χ4v) is 5.04. The first-order valence-electron chi connectivity index (χ1n) is 14.3. The monoisotopic (exact) mass is 611 g/mol. The summed E-state index contributed by atoms with van der Waals surface area (Å²) >= 11 is 0. The second-order valence-electron chi connectivity index (χ2n) is 10.2. The van der Waals surface area contributed by atoms with E-state index in [9.17, 15) is 19.8 Å². The van der Waals surface area contributed by atoms with Crippen LogP contribution >= 0.6 is 0 Å². The van der Waals surface area contributed by atoms with E-state index >= 15 is 0 Å². The third-order valence-corrected chi connectivity index (χ3v) is 7.19. The van der Waals surface area contributed by atoms with Crippen LogP contribution in [0.1, 0.15) is 40.4 Å². The van der Waals surface area contributed by atoms with Crippen LogP contribution in [0.4, 0.5) is 5.69 Å². The topological polar surface area (TPSA) is 147 Å². The van der Waals surface area contributed by atoms with E-state index in [0.29, 0.717) is 68.9 Å². The van der Waals surface area contributed by atoms with Gasteiger partial charge in [-0.2, -0.15) is 0 Å². The molecule has 0 fully saturated rings. The molecule has 232 valence electrons. The van der Waals surface area contributed by atoms with Crippen molar-refractivity contribution in [2.45, 2.75) is 26.4 Å². The molecule has 1 aliphatic rings. The van der Waals surface area contributed by atoms with E-state index in [1.165, 1.54) is 13.2 Å². The van der Waals surface area contributed by atoms with Crippen molar-refractivity contribution in [1.29, 1.82) is 0 Å². The van der Waals surface area contributed by atoms with Crippen LogP contribution < -0.4 is 29.4 Å². The number of benzene rings is 4. The van der Waals surface area contributed by atoms with Crippen molar-refractivity contribution in [1.82, 2.24) is 0 Å². The van der Waals surface area contributed by atoms with Crippen molar-refractivity contribution in [2.24, 2.45) is 0 Å². The lowest BCUT2D eigenvalue weighted by atomic mass is 9.94. The number of fused-ring (bicyclic) bond motifs is 1. The number of carbonyl (C=O) groups is 2. The number of aromatic carboxylic acids is 1. The van der Waals surface area contributed by atoms with Gasteiger partial charge >= 0.3 is 11.9 Å². The van der Waals surface area contributed by atoms with Gasteiger partial charge in [-0.1, -0.05) is 37.3 Å². The van der Waals surface area contributed by atoms with Gasteiger partial charge in [0.1, 0.15) is 23.9 Å².